The third-order valence-corrected chi connectivity index (χ3v) is 6.62. The second-order valence-corrected chi connectivity index (χ2v) is 8.72. The standard InChI is InChI=1S/C27H23N5O4/c1-30-26(33)22(24(28-30)17-11-5-3-6-12-17)21(19-15-9-10-16-20(19)32(35)36)23-25(29-31(2)27(23)34)18-13-7-4-8-14-18/h3-16,21-23H,1-2H3/t21?,22-,23+. The van der Waals surface area contributed by atoms with Crippen LogP contribution in [0.3, 0.4) is 0 Å². The topological polar surface area (TPSA) is 108 Å². The molecule has 3 aromatic carbocycles. The van der Waals surface area contributed by atoms with Crippen molar-refractivity contribution in [3.63, 3.8) is 0 Å². The lowest BCUT2D eigenvalue weighted by molar-refractivity contribution is -0.385. The van der Waals surface area contributed by atoms with Gasteiger partial charge < -0.3 is 0 Å². The summed E-state index contributed by atoms with van der Waals surface area (Å²) >= 11 is 0. The molecule has 9 heteroatoms. The summed E-state index contributed by atoms with van der Waals surface area (Å²) < 4.78 is 0. The Kier molecular flexibility index (Phi) is 5.89. The second-order valence-electron chi connectivity index (χ2n) is 8.72. The lowest BCUT2D eigenvalue weighted by atomic mass is 9.70. The fourth-order valence-electron chi connectivity index (χ4n) is 5.01. The van der Waals surface area contributed by atoms with Gasteiger partial charge >= 0.3 is 0 Å². The van der Waals surface area contributed by atoms with Gasteiger partial charge in [-0.05, 0) is 11.1 Å². The molecule has 5 rings (SSSR count). The van der Waals surface area contributed by atoms with E-state index in [1.54, 1.807) is 32.3 Å². The Hall–Kier alpha value is -4.66. The predicted octanol–water partition coefficient (Wildman–Crippen LogP) is 3.66. The van der Waals surface area contributed by atoms with E-state index in [0.29, 0.717) is 22.6 Å². The molecule has 9 nitrogen and oxygen atoms in total. The molecule has 2 amide bonds. The first-order valence-electron chi connectivity index (χ1n) is 11.4. The van der Waals surface area contributed by atoms with E-state index >= 15 is 0 Å². The molecule has 0 N–H and O–H groups in total. The molecular formula is C27H23N5O4. The molecule has 2 aliphatic heterocycles. The van der Waals surface area contributed by atoms with Gasteiger partial charge in [0.2, 0.25) is 0 Å². The molecule has 0 saturated heterocycles. The van der Waals surface area contributed by atoms with E-state index in [-0.39, 0.29) is 23.1 Å². The van der Waals surface area contributed by atoms with Crippen molar-refractivity contribution in [1.82, 2.24) is 10.0 Å². The van der Waals surface area contributed by atoms with Gasteiger partial charge in [0.25, 0.3) is 17.5 Å². The highest BCUT2D eigenvalue weighted by Gasteiger charge is 2.52. The molecule has 3 atom stereocenters. The van der Waals surface area contributed by atoms with E-state index in [9.17, 15) is 19.7 Å². The van der Waals surface area contributed by atoms with Crippen molar-refractivity contribution >= 4 is 28.9 Å². The van der Waals surface area contributed by atoms with Crippen LogP contribution in [0.5, 0.6) is 0 Å². The molecule has 0 radical (unpaired) electrons. The molecule has 2 aliphatic rings. The fourth-order valence-corrected chi connectivity index (χ4v) is 5.01. The zero-order valence-corrected chi connectivity index (χ0v) is 19.7. The van der Waals surface area contributed by atoms with E-state index < -0.39 is 22.7 Å². The number of nitro benzene ring substituents is 1. The Bertz CT molecular complexity index is 1320. The van der Waals surface area contributed by atoms with E-state index in [1.165, 1.54) is 16.1 Å². The van der Waals surface area contributed by atoms with Gasteiger partial charge in [0.1, 0.15) is 0 Å². The number of carbonyl (C=O) groups excluding carboxylic acids is 2. The summed E-state index contributed by atoms with van der Waals surface area (Å²) in [7, 11) is 3.10. The normalized spacial score (nSPS) is 20.4. The fraction of sp³-hybridized carbons (Fsp3) is 0.185. The van der Waals surface area contributed by atoms with E-state index in [1.807, 2.05) is 60.7 Å². The molecule has 0 bridgehead atoms. The van der Waals surface area contributed by atoms with E-state index in [4.69, 9.17) is 0 Å². The Morgan fingerprint density at radius 1 is 0.722 bits per heavy atom. The summed E-state index contributed by atoms with van der Waals surface area (Å²) in [5, 5.41) is 23.6. The molecule has 0 fully saturated rings. The van der Waals surface area contributed by atoms with E-state index in [0.717, 1.165) is 0 Å². The van der Waals surface area contributed by atoms with Crippen LogP contribution in [0.25, 0.3) is 0 Å². The maximum absolute atomic E-state index is 13.6. The quantitative estimate of drug-likeness (QED) is 0.395. The summed E-state index contributed by atoms with van der Waals surface area (Å²) in [6, 6.07) is 24.7. The molecular weight excluding hydrogens is 458 g/mol. The Morgan fingerprint density at radius 3 is 1.58 bits per heavy atom. The Labute approximate surface area is 207 Å². The highest BCUT2D eigenvalue weighted by molar-refractivity contribution is 6.21. The lowest BCUT2D eigenvalue weighted by Crippen LogP contribution is -2.40. The smallest absolute Gasteiger partial charge is 0.272 e. The second kappa shape index (κ2) is 9.18. The zero-order chi connectivity index (χ0) is 25.4. The molecule has 3 aromatic rings. The number of benzene rings is 3. The minimum Gasteiger partial charge on any atom is -0.272 e. The van der Waals surface area contributed by atoms with Crippen LogP contribution < -0.4 is 0 Å². The minimum absolute atomic E-state index is 0.160. The number of amides is 2. The van der Waals surface area contributed by atoms with Crippen LogP contribution in [-0.2, 0) is 9.59 Å². The largest absolute Gasteiger partial charge is 0.272 e. The number of hydrogen-bond donors (Lipinski definition) is 0. The summed E-state index contributed by atoms with van der Waals surface area (Å²) in [5.41, 5.74) is 2.47. The van der Waals surface area contributed by atoms with Crippen molar-refractivity contribution in [2.45, 2.75) is 5.92 Å². The molecule has 1 unspecified atom stereocenters. The number of nitro groups is 1. The summed E-state index contributed by atoms with van der Waals surface area (Å²) in [6.45, 7) is 0. The van der Waals surface area contributed by atoms with Crippen LogP contribution in [0.1, 0.15) is 22.6 Å². The van der Waals surface area contributed by atoms with Crippen LogP contribution in [0.2, 0.25) is 0 Å². The van der Waals surface area contributed by atoms with Crippen molar-refractivity contribution < 1.29 is 14.5 Å². The number of rotatable bonds is 6. The minimum atomic E-state index is -0.937. The van der Waals surface area contributed by atoms with Gasteiger partial charge in [-0.1, -0.05) is 78.9 Å². The highest BCUT2D eigenvalue weighted by Crippen LogP contribution is 2.45. The number of hydrazone groups is 2. The number of carbonyl (C=O) groups is 2. The Balaban J connectivity index is 1.76. The van der Waals surface area contributed by atoms with Crippen molar-refractivity contribution in [1.29, 1.82) is 0 Å². The first-order chi connectivity index (χ1) is 17.4. The van der Waals surface area contributed by atoms with Crippen LogP contribution in [0.15, 0.2) is 95.1 Å². The summed E-state index contributed by atoms with van der Waals surface area (Å²) in [6.07, 6.45) is 0. The monoisotopic (exact) mass is 481 g/mol. The molecule has 0 aromatic heterocycles. The third kappa shape index (κ3) is 3.84. The van der Waals surface area contributed by atoms with Gasteiger partial charge in [-0.2, -0.15) is 10.2 Å². The lowest BCUT2D eigenvalue weighted by Gasteiger charge is -2.29. The van der Waals surface area contributed by atoms with Gasteiger partial charge in [0, 0.05) is 31.6 Å². The van der Waals surface area contributed by atoms with Gasteiger partial charge in [-0.25, -0.2) is 10.0 Å². The Morgan fingerprint density at radius 2 is 1.14 bits per heavy atom. The average molecular weight is 482 g/mol. The van der Waals surface area contributed by atoms with Crippen molar-refractivity contribution in [3.8, 4) is 0 Å². The van der Waals surface area contributed by atoms with Gasteiger partial charge in [0.05, 0.1) is 28.2 Å². The van der Waals surface area contributed by atoms with Crippen molar-refractivity contribution in [2.75, 3.05) is 14.1 Å². The maximum Gasteiger partial charge on any atom is 0.272 e. The zero-order valence-electron chi connectivity index (χ0n) is 19.7. The van der Waals surface area contributed by atoms with Crippen molar-refractivity contribution in [3.05, 3.63) is 112 Å². The van der Waals surface area contributed by atoms with Crippen LogP contribution in [-0.4, -0.2) is 52.3 Å². The molecule has 0 spiro atoms. The maximum atomic E-state index is 13.6. The van der Waals surface area contributed by atoms with Crippen molar-refractivity contribution in [2.24, 2.45) is 22.0 Å². The highest BCUT2D eigenvalue weighted by atomic mass is 16.6. The van der Waals surface area contributed by atoms with Crippen LogP contribution >= 0.6 is 0 Å². The van der Waals surface area contributed by atoms with Crippen LogP contribution in [0.4, 0.5) is 5.69 Å². The molecule has 180 valence electrons. The summed E-state index contributed by atoms with van der Waals surface area (Å²) in [4.78, 5) is 38.9. The molecule has 36 heavy (non-hydrogen) atoms. The molecule has 2 heterocycles. The number of para-hydroxylation sites is 1. The molecule has 0 aliphatic carbocycles. The predicted molar refractivity (Wildman–Crippen MR) is 134 cm³/mol. The molecule has 0 saturated carbocycles. The number of hydrogen-bond acceptors (Lipinski definition) is 6. The van der Waals surface area contributed by atoms with Gasteiger partial charge in [0.15, 0.2) is 0 Å². The van der Waals surface area contributed by atoms with Crippen LogP contribution in [0, 0.1) is 22.0 Å². The third-order valence-electron chi connectivity index (χ3n) is 6.62. The summed E-state index contributed by atoms with van der Waals surface area (Å²) in [5.74, 6) is -3.47. The first-order valence-corrected chi connectivity index (χ1v) is 11.4. The van der Waals surface area contributed by atoms with Gasteiger partial charge in [-0.15, -0.1) is 0 Å². The van der Waals surface area contributed by atoms with Gasteiger partial charge in [-0.3, -0.25) is 19.7 Å². The SMILES string of the molecule is CN1N=C(c2ccccc2)[C@H](C(c2ccccc2[N+](=O)[O-])[C@H]2C(=O)N(C)N=C2c2ccccc2)C1=O. The average Bonchev–Trinajstić information content (AvgIpc) is 3.36. The van der Waals surface area contributed by atoms with E-state index in [2.05, 4.69) is 10.2 Å². The first kappa shape index (κ1) is 23.1. The number of nitrogens with zero attached hydrogens (tertiary/aromatic N) is 5.